The van der Waals surface area contributed by atoms with Gasteiger partial charge in [-0.25, -0.2) is 15.0 Å². The van der Waals surface area contributed by atoms with Crippen LogP contribution in [0.15, 0.2) is 61.1 Å². The molecule has 0 saturated heterocycles. The Bertz CT molecular complexity index is 1330. The first-order valence-electron chi connectivity index (χ1n) is 11.4. The van der Waals surface area contributed by atoms with Crippen molar-refractivity contribution in [3.63, 3.8) is 0 Å². The van der Waals surface area contributed by atoms with Crippen LogP contribution in [-0.2, 0) is 6.54 Å². The van der Waals surface area contributed by atoms with E-state index in [1.807, 2.05) is 29.3 Å². The van der Waals surface area contributed by atoms with Crippen molar-refractivity contribution < 1.29 is 5.11 Å². The molecule has 1 fully saturated rings. The van der Waals surface area contributed by atoms with Crippen molar-refractivity contribution in [3.8, 4) is 0 Å². The summed E-state index contributed by atoms with van der Waals surface area (Å²) in [6.07, 6.45) is 7.73. The van der Waals surface area contributed by atoms with Gasteiger partial charge < -0.3 is 15.7 Å². The molecule has 3 aromatic heterocycles. The number of nitrogens with one attached hydrogen (secondary N) is 4. The standard InChI is InChI=1S/C24H25N9O/c34-20-5-1-4-19(20)28-17-8-10-26-21(12-17)29-22-13-27-23-24(30-22)33(32-31-23)14-15-6-7-18-16(11-15)3-2-9-25-18/h2-3,6-13,19-20,32,34H,1,4-5,14H2,(H,27,31)(H2,26,28,29,30)/t19-,20?/m1/s1. The molecule has 1 aromatic carbocycles. The van der Waals surface area contributed by atoms with Crippen molar-refractivity contribution in [2.45, 2.75) is 38.0 Å². The SMILES string of the molecule is OC1CCC[C@H]1Nc1ccnc(Nc2cnc3c(n2)N(Cc2ccc4ncccc4c2)NN3)c1. The van der Waals surface area contributed by atoms with E-state index in [1.54, 1.807) is 18.6 Å². The number of aliphatic hydroxyl groups excluding tert-OH is 1. The van der Waals surface area contributed by atoms with Crippen LogP contribution in [0, 0.1) is 0 Å². The number of anilines is 5. The maximum Gasteiger partial charge on any atom is 0.191 e. The van der Waals surface area contributed by atoms with Crippen LogP contribution in [0.3, 0.4) is 0 Å². The third kappa shape index (κ3) is 4.16. The van der Waals surface area contributed by atoms with Crippen LogP contribution in [0.5, 0.6) is 0 Å². The number of hydrazine groups is 2. The van der Waals surface area contributed by atoms with Crippen molar-refractivity contribution in [3.05, 3.63) is 66.6 Å². The van der Waals surface area contributed by atoms with Gasteiger partial charge >= 0.3 is 0 Å². The molecule has 1 saturated carbocycles. The fourth-order valence-electron chi connectivity index (χ4n) is 4.45. The van der Waals surface area contributed by atoms with Gasteiger partial charge in [0.25, 0.3) is 0 Å². The zero-order valence-electron chi connectivity index (χ0n) is 18.4. The van der Waals surface area contributed by atoms with Gasteiger partial charge in [0.15, 0.2) is 17.5 Å². The first kappa shape index (κ1) is 20.6. The predicted octanol–water partition coefficient (Wildman–Crippen LogP) is 3.34. The highest BCUT2D eigenvalue weighted by atomic mass is 16.3. The monoisotopic (exact) mass is 455 g/mol. The number of aromatic nitrogens is 4. The van der Waals surface area contributed by atoms with E-state index in [1.165, 1.54) is 0 Å². The highest BCUT2D eigenvalue weighted by Gasteiger charge is 2.25. The Hall–Kier alpha value is -4.02. The lowest BCUT2D eigenvalue weighted by Crippen LogP contribution is -2.35. The summed E-state index contributed by atoms with van der Waals surface area (Å²) in [5, 5.41) is 19.8. The Labute approximate surface area is 196 Å². The van der Waals surface area contributed by atoms with Gasteiger partial charge in [-0.15, -0.1) is 5.53 Å². The van der Waals surface area contributed by atoms with E-state index in [0.29, 0.717) is 29.8 Å². The van der Waals surface area contributed by atoms with E-state index in [4.69, 9.17) is 4.98 Å². The van der Waals surface area contributed by atoms with E-state index in [2.05, 4.69) is 54.7 Å². The number of hydrogen-bond donors (Lipinski definition) is 5. The van der Waals surface area contributed by atoms with E-state index in [0.717, 1.165) is 41.4 Å². The van der Waals surface area contributed by atoms with Gasteiger partial charge in [-0.1, -0.05) is 12.1 Å². The second kappa shape index (κ2) is 8.73. The molecule has 5 N–H and O–H groups in total. The van der Waals surface area contributed by atoms with Gasteiger partial charge in [0, 0.05) is 29.5 Å². The topological polar surface area (TPSA) is 123 Å². The van der Waals surface area contributed by atoms with Crippen LogP contribution < -0.4 is 26.6 Å². The minimum Gasteiger partial charge on any atom is -0.391 e. The normalized spacial score (nSPS) is 19.1. The number of rotatable bonds is 6. The summed E-state index contributed by atoms with van der Waals surface area (Å²) >= 11 is 0. The smallest absolute Gasteiger partial charge is 0.191 e. The average Bonchev–Trinajstić information content (AvgIpc) is 3.45. The first-order chi connectivity index (χ1) is 16.7. The molecule has 6 rings (SSSR count). The molecule has 1 aliphatic carbocycles. The molecule has 2 aliphatic rings. The lowest BCUT2D eigenvalue weighted by atomic mass is 10.1. The van der Waals surface area contributed by atoms with Crippen molar-refractivity contribution in [1.82, 2.24) is 25.5 Å². The van der Waals surface area contributed by atoms with Crippen LogP contribution in [0.25, 0.3) is 10.9 Å². The molecular weight excluding hydrogens is 430 g/mol. The van der Waals surface area contributed by atoms with Crippen molar-refractivity contribution in [2.24, 2.45) is 0 Å². The van der Waals surface area contributed by atoms with Crippen LogP contribution in [-0.4, -0.2) is 37.2 Å². The molecule has 10 heteroatoms. The summed E-state index contributed by atoms with van der Waals surface area (Å²) in [4.78, 5) is 18.0. The van der Waals surface area contributed by atoms with Gasteiger partial charge in [0.2, 0.25) is 0 Å². The van der Waals surface area contributed by atoms with Gasteiger partial charge in [-0.2, -0.15) is 0 Å². The van der Waals surface area contributed by atoms with Crippen LogP contribution in [0.2, 0.25) is 0 Å². The molecule has 1 aliphatic heterocycles. The molecule has 0 amide bonds. The van der Waals surface area contributed by atoms with Crippen LogP contribution in [0.1, 0.15) is 24.8 Å². The molecular formula is C24H25N9O. The number of benzene rings is 1. The minimum absolute atomic E-state index is 0.0756. The first-order valence-corrected chi connectivity index (χ1v) is 11.4. The summed E-state index contributed by atoms with van der Waals surface area (Å²) in [5.41, 5.74) is 9.20. The number of fused-ring (bicyclic) bond motifs is 2. The summed E-state index contributed by atoms with van der Waals surface area (Å²) in [6.45, 7) is 0.602. The van der Waals surface area contributed by atoms with Crippen molar-refractivity contribution in [2.75, 3.05) is 21.1 Å². The van der Waals surface area contributed by atoms with E-state index in [-0.39, 0.29) is 12.1 Å². The summed E-state index contributed by atoms with van der Waals surface area (Å²) in [6, 6.07) is 14.1. The third-order valence-electron chi connectivity index (χ3n) is 6.17. The number of pyridine rings is 2. The molecule has 0 radical (unpaired) electrons. The predicted molar refractivity (Wildman–Crippen MR) is 132 cm³/mol. The Morgan fingerprint density at radius 2 is 2.00 bits per heavy atom. The molecule has 4 aromatic rings. The highest BCUT2D eigenvalue weighted by molar-refractivity contribution is 5.79. The van der Waals surface area contributed by atoms with Crippen LogP contribution in [0.4, 0.5) is 29.0 Å². The largest absolute Gasteiger partial charge is 0.391 e. The lowest BCUT2D eigenvalue weighted by Gasteiger charge is -2.18. The van der Waals surface area contributed by atoms with Gasteiger partial charge in [-0.05, 0) is 49.1 Å². The second-order valence-electron chi connectivity index (χ2n) is 8.58. The highest BCUT2D eigenvalue weighted by Crippen LogP contribution is 2.29. The fraction of sp³-hybridized carbons (Fsp3) is 0.250. The molecule has 1 unspecified atom stereocenters. The Balaban J connectivity index is 1.18. The van der Waals surface area contributed by atoms with Gasteiger partial charge in [-0.3, -0.25) is 15.4 Å². The zero-order chi connectivity index (χ0) is 22.9. The lowest BCUT2D eigenvalue weighted by molar-refractivity contribution is 0.172. The Morgan fingerprint density at radius 3 is 2.91 bits per heavy atom. The van der Waals surface area contributed by atoms with Gasteiger partial charge in [0.1, 0.15) is 5.82 Å². The van der Waals surface area contributed by atoms with Crippen molar-refractivity contribution >= 4 is 39.9 Å². The second-order valence-corrected chi connectivity index (χ2v) is 8.58. The Morgan fingerprint density at radius 1 is 1.03 bits per heavy atom. The van der Waals surface area contributed by atoms with E-state index < -0.39 is 0 Å². The average molecular weight is 456 g/mol. The maximum absolute atomic E-state index is 10.1. The molecule has 10 nitrogen and oxygen atoms in total. The number of nitrogens with zero attached hydrogens (tertiary/aromatic N) is 5. The molecule has 172 valence electrons. The number of aliphatic hydroxyl groups is 1. The zero-order valence-corrected chi connectivity index (χ0v) is 18.4. The molecule has 0 spiro atoms. The van der Waals surface area contributed by atoms with Crippen molar-refractivity contribution in [1.29, 1.82) is 0 Å². The van der Waals surface area contributed by atoms with E-state index in [9.17, 15) is 5.11 Å². The molecule has 34 heavy (non-hydrogen) atoms. The number of hydrogen-bond acceptors (Lipinski definition) is 10. The van der Waals surface area contributed by atoms with E-state index >= 15 is 0 Å². The Kier molecular flexibility index (Phi) is 5.28. The minimum atomic E-state index is -0.308. The molecule has 2 atom stereocenters. The van der Waals surface area contributed by atoms with Crippen LogP contribution >= 0.6 is 0 Å². The van der Waals surface area contributed by atoms with Gasteiger partial charge in [0.05, 0.1) is 30.4 Å². The summed E-state index contributed by atoms with van der Waals surface area (Å²) < 4.78 is 0. The molecule has 0 bridgehead atoms. The summed E-state index contributed by atoms with van der Waals surface area (Å²) in [5.74, 6) is 2.59. The maximum atomic E-state index is 10.1. The summed E-state index contributed by atoms with van der Waals surface area (Å²) in [7, 11) is 0. The quantitative estimate of drug-likeness (QED) is 0.296. The molecule has 4 heterocycles. The third-order valence-corrected chi connectivity index (χ3v) is 6.17. The fourth-order valence-corrected chi connectivity index (χ4v) is 4.45.